The van der Waals surface area contributed by atoms with Crippen LogP contribution in [-0.2, 0) is 5.75 Å². The summed E-state index contributed by atoms with van der Waals surface area (Å²) in [6.45, 7) is 2.02. The number of rotatable bonds is 6. The number of aryl methyl sites for hydroxylation is 1. The van der Waals surface area contributed by atoms with Gasteiger partial charge in [-0.25, -0.2) is 4.39 Å². The van der Waals surface area contributed by atoms with Crippen molar-refractivity contribution in [3.63, 3.8) is 0 Å². The molecule has 32 heavy (non-hydrogen) atoms. The summed E-state index contributed by atoms with van der Waals surface area (Å²) in [5.41, 5.74) is 3.18. The van der Waals surface area contributed by atoms with Gasteiger partial charge in [-0.1, -0.05) is 58.9 Å². The Morgan fingerprint density at radius 1 is 0.938 bits per heavy atom. The molecule has 0 fully saturated rings. The lowest BCUT2D eigenvalue weighted by molar-refractivity contribution is 0.391. The van der Waals surface area contributed by atoms with Gasteiger partial charge in [-0.3, -0.25) is 9.55 Å². The van der Waals surface area contributed by atoms with Crippen LogP contribution in [-0.4, -0.2) is 29.9 Å². The minimum Gasteiger partial charge on any atom is -0.338 e. The number of nitrogens with zero attached hydrogens (tertiary/aromatic N) is 6. The van der Waals surface area contributed by atoms with E-state index >= 15 is 0 Å². The average Bonchev–Trinajstić information content (AvgIpc) is 3.46. The molecule has 7 nitrogen and oxygen atoms in total. The quantitative estimate of drug-likeness (QED) is 0.336. The predicted molar refractivity (Wildman–Crippen MR) is 119 cm³/mol. The van der Waals surface area contributed by atoms with Crippen molar-refractivity contribution < 1.29 is 8.91 Å². The fraction of sp³-hybridized carbons (Fsp3) is 0.0870. The van der Waals surface area contributed by atoms with Crippen LogP contribution < -0.4 is 0 Å². The molecule has 0 aliphatic rings. The van der Waals surface area contributed by atoms with Gasteiger partial charge in [-0.15, -0.1) is 10.2 Å². The second kappa shape index (κ2) is 8.72. The summed E-state index contributed by atoms with van der Waals surface area (Å²) in [7, 11) is 0. The van der Waals surface area contributed by atoms with Crippen molar-refractivity contribution in [1.82, 2.24) is 29.9 Å². The third kappa shape index (κ3) is 4.02. The summed E-state index contributed by atoms with van der Waals surface area (Å²) in [6, 6.07) is 18.0. The Morgan fingerprint density at radius 2 is 1.72 bits per heavy atom. The first-order chi connectivity index (χ1) is 15.7. The van der Waals surface area contributed by atoms with Crippen molar-refractivity contribution in [2.45, 2.75) is 17.8 Å². The Labute approximate surface area is 187 Å². The van der Waals surface area contributed by atoms with E-state index in [1.54, 1.807) is 35.2 Å². The molecule has 3 aromatic heterocycles. The maximum absolute atomic E-state index is 14.7. The van der Waals surface area contributed by atoms with Gasteiger partial charge >= 0.3 is 0 Å². The summed E-state index contributed by atoms with van der Waals surface area (Å²) in [6.07, 6.45) is 3.32. The van der Waals surface area contributed by atoms with Crippen molar-refractivity contribution in [1.29, 1.82) is 0 Å². The Bertz CT molecular complexity index is 1350. The van der Waals surface area contributed by atoms with Gasteiger partial charge in [0, 0.05) is 23.5 Å². The normalized spacial score (nSPS) is 11.1. The first-order valence-electron chi connectivity index (χ1n) is 9.82. The first-order valence-corrected chi connectivity index (χ1v) is 10.8. The molecule has 0 radical (unpaired) electrons. The zero-order valence-corrected chi connectivity index (χ0v) is 17.8. The smallest absolute Gasteiger partial charge is 0.237 e. The number of hydrogen-bond acceptors (Lipinski definition) is 7. The van der Waals surface area contributed by atoms with Gasteiger partial charge in [0.05, 0.1) is 11.4 Å². The molecule has 2 aromatic carbocycles. The Balaban J connectivity index is 1.45. The molecule has 0 spiro atoms. The highest BCUT2D eigenvalue weighted by atomic mass is 32.2. The minimum absolute atomic E-state index is 0.359. The standard InChI is InChI=1S/C23H17FN6OS/c1-15-6-8-16(9-7-15)21-26-20(31-29-21)14-32-23-28-27-22(17-10-12-25-13-11-17)30(23)19-5-3-2-4-18(19)24/h2-13H,14H2,1H3. The summed E-state index contributed by atoms with van der Waals surface area (Å²) in [5, 5.41) is 13.2. The lowest BCUT2D eigenvalue weighted by Gasteiger charge is -2.10. The Morgan fingerprint density at radius 3 is 2.50 bits per heavy atom. The molecule has 3 heterocycles. The van der Waals surface area contributed by atoms with E-state index in [1.807, 2.05) is 43.3 Å². The van der Waals surface area contributed by atoms with E-state index in [2.05, 4.69) is 25.3 Å². The maximum Gasteiger partial charge on any atom is 0.237 e. The van der Waals surface area contributed by atoms with E-state index in [0.29, 0.717) is 34.1 Å². The summed E-state index contributed by atoms with van der Waals surface area (Å²) >= 11 is 1.34. The lowest BCUT2D eigenvalue weighted by atomic mass is 10.1. The van der Waals surface area contributed by atoms with Gasteiger partial charge in [-0.2, -0.15) is 4.98 Å². The van der Waals surface area contributed by atoms with E-state index < -0.39 is 0 Å². The maximum atomic E-state index is 14.7. The zero-order chi connectivity index (χ0) is 21.9. The number of hydrogen-bond donors (Lipinski definition) is 0. The molecule has 5 rings (SSSR count). The second-order valence-corrected chi connectivity index (χ2v) is 7.94. The van der Waals surface area contributed by atoms with Crippen LogP contribution in [0.1, 0.15) is 11.5 Å². The number of pyridine rings is 1. The fourth-order valence-corrected chi connectivity index (χ4v) is 3.94. The molecule has 9 heteroatoms. The van der Waals surface area contributed by atoms with E-state index in [4.69, 9.17) is 4.52 Å². The van der Waals surface area contributed by atoms with E-state index in [1.165, 1.54) is 17.8 Å². The largest absolute Gasteiger partial charge is 0.338 e. The molecule has 0 aliphatic heterocycles. The number of benzene rings is 2. The van der Waals surface area contributed by atoms with E-state index in [-0.39, 0.29) is 5.82 Å². The van der Waals surface area contributed by atoms with Gasteiger partial charge in [0.1, 0.15) is 5.82 Å². The molecule has 0 bridgehead atoms. The first kappa shape index (κ1) is 20.1. The van der Waals surface area contributed by atoms with Crippen molar-refractivity contribution in [3.8, 4) is 28.5 Å². The highest BCUT2D eigenvalue weighted by Crippen LogP contribution is 2.30. The van der Waals surface area contributed by atoms with Gasteiger partial charge in [-0.05, 0) is 31.2 Å². The molecular weight excluding hydrogens is 427 g/mol. The molecule has 158 valence electrons. The van der Waals surface area contributed by atoms with E-state index in [0.717, 1.165) is 16.7 Å². The predicted octanol–water partition coefficient (Wildman–Crippen LogP) is 5.12. The minimum atomic E-state index is -0.371. The third-order valence-corrected chi connectivity index (χ3v) is 5.68. The topological polar surface area (TPSA) is 82.5 Å². The van der Waals surface area contributed by atoms with Crippen molar-refractivity contribution >= 4 is 11.8 Å². The van der Waals surface area contributed by atoms with Crippen molar-refractivity contribution in [3.05, 3.63) is 90.3 Å². The van der Waals surface area contributed by atoms with Crippen LogP contribution in [0.3, 0.4) is 0 Å². The van der Waals surface area contributed by atoms with Crippen molar-refractivity contribution in [2.24, 2.45) is 0 Å². The molecule has 0 unspecified atom stereocenters. The summed E-state index contributed by atoms with van der Waals surface area (Å²) in [4.78, 5) is 8.51. The second-order valence-electron chi connectivity index (χ2n) is 7.00. The summed E-state index contributed by atoms with van der Waals surface area (Å²) < 4.78 is 21.8. The Kier molecular flexibility index (Phi) is 5.47. The van der Waals surface area contributed by atoms with Crippen molar-refractivity contribution in [2.75, 3.05) is 0 Å². The molecule has 0 saturated heterocycles. The molecule has 0 aliphatic carbocycles. The van der Waals surface area contributed by atoms with E-state index in [9.17, 15) is 4.39 Å². The van der Waals surface area contributed by atoms with Crippen LogP contribution in [0.5, 0.6) is 0 Å². The van der Waals surface area contributed by atoms with Gasteiger partial charge < -0.3 is 4.52 Å². The number of halogens is 1. The highest BCUT2D eigenvalue weighted by molar-refractivity contribution is 7.98. The third-order valence-electron chi connectivity index (χ3n) is 4.77. The van der Waals surface area contributed by atoms with Crippen LogP contribution in [0.25, 0.3) is 28.5 Å². The van der Waals surface area contributed by atoms with Gasteiger partial charge in [0.25, 0.3) is 0 Å². The average molecular weight is 444 g/mol. The van der Waals surface area contributed by atoms with Crippen LogP contribution >= 0.6 is 11.8 Å². The molecule has 0 saturated carbocycles. The number of para-hydroxylation sites is 1. The Hall–Kier alpha value is -3.85. The molecule has 0 amide bonds. The van der Waals surface area contributed by atoms with Crippen LogP contribution in [0.4, 0.5) is 4.39 Å². The number of aromatic nitrogens is 6. The highest BCUT2D eigenvalue weighted by Gasteiger charge is 2.19. The van der Waals surface area contributed by atoms with Crippen LogP contribution in [0.15, 0.2) is 82.7 Å². The van der Waals surface area contributed by atoms with Crippen LogP contribution in [0, 0.1) is 12.7 Å². The number of thioether (sulfide) groups is 1. The SMILES string of the molecule is Cc1ccc(-c2noc(CSc3nnc(-c4ccncc4)n3-c3ccccc3F)n2)cc1. The lowest BCUT2D eigenvalue weighted by Crippen LogP contribution is -2.02. The van der Waals surface area contributed by atoms with Crippen LogP contribution in [0.2, 0.25) is 0 Å². The summed E-state index contributed by atoms with van der Waals surface area (Å²) in [5.74, 6) is 1.48. The molecule has 0 atom stereocenters. The molecule has 5 aromatic rings. The monoisotopic (exact) mass is 444 g/mol. The van der Waals surface area contributed by atoms with Gasteiger partial charge in [0.2, 0.25) is 11.7 Å². The molecule has 0 N–H and O–H groups in total. The fourth-order valence-electron chi connectivity index (χ4n) is 3.16. The molecular formula is C23H17FN6OS. The van der Waals surface area contributed by atoms with Gasteiger partial charge in [0.15, 0.2) is 11.0 Å². The zero-order valence-electron chi connectivity index (χ0n) is 17.0.